The summed E-state index contributed by atoms with van der Waals surface area (Å²) in [6.45, 7) is 1.26. The third-order valence-corrected chi connectivity index (χ3v) is 6.48. The van der Waals surface area contributed by atoms with Crippen molar-refractivity contribution in [3.8, 4) is 0 Å². The number of thioether (sulfide) groups is 1. The van der Waals surface area contributed by atoms with Crippen LogP contribution in [-0.4, -0.2) is 63.9 Å². The second kappa shape index (κ2) is 8.35. The van der Waals surface area contributed by atoms with E-state index in [0.29, 0.717) is 0 Å². The lowest BCUT2D eigenvalue weighted by Gasteiger charge is -2.55. The van der Waals surface area contributed by atoms with Crippen molar-refractivity contribution >= 4 is 53.0 Å². The number of carboxylic acids is 1. The van der Waals surface area contributed by atoms with Gasteiger partial charge >= 0.3 is 5.97 Å². The van der Waals surface area contributed by atoms with Gasteiger partial charge in [-0.3, -0.25) is 19.3 Å². The molecule has 2 atom stereocenters. The Morgan fingerprint density at radius 1 is 1.48 bits per heavy atom. The summed E-state index contributed by atoms with van der Waals surface area (Å²) < 4.78 is 5.37. The summed E-state index contributed by atoms with van der Waals surface area (Å²) in [5, 5.41) is 17.0. The molecule has 3 heterocycles. The molecule has 1 saturated heterocycles. The van der Waals surface area contributed by atoms with Gasteiger partial charge in [0.05, 0.1) is 12.6 Å². The predicted octanol–water partition coefficient (Wildman–Crippen LogP) is 0.125. The Morgan fingerprint density at radius 2 is 2.24 bits per heavy atom. The number of fused-ring (bicyclic) bond motifs is 1. The molecule has 154 valence electrons. The molecule has 0 radical (unpaired) electrons. The van der Waals surface area contributed by atoms with E-state index in [0.717, 1.165) is 9.78 Å². The molecular weight excluding hydrogens is 420 g/mol. The average molecular weight is 438 g/mol. The van der Waals surface area contributed by atoms with E-state index in [1.54, 1.807) is 6.07 Å². The molecule has 3 N–H and O–H groups in total. The number of carboxylic acid groups (broad SMARTS) is 1. The van der Waals surface area contributed by atoms with Crippen molar-refractivity contribution in [3.05, 3.63) is 33.7 Å². The normalized spacial score (nSPS) is 23.6. The smallest absolute Gasteiger partial charge is 0.353 e. The highest BCUT2D eigenvalue weighted by Crippen LogP contribution is 2.46. The van der Waals surface area contributed by atoms with E-state index in [1.165, 1.54) is 43.3 Å². The number of nitrogens with one attached hydrogen (secondary N) is 2. The Hall–Kier alpha value is -2.70. The predicted molar refractivity (Wildman–Crippen MR) is 106 cm³/mol. The lowest BCUT2D eigenvalue weighted by molar-refractivity contribution is -0.192. The van der Waals surface area contributed by atoms with E-state index < -0.39 is 34.8 Å². The van der Waals surface area contributed by atoms with Crippen molar-refractivity contribution in [2.45, 2.75) is 24.4 Å². The van der Waals surface area contributed by atoms with Gasteiger partial charge in [0.1, 0.15) is 11.1 Å². The molecule has 2 aliphatic rings. The van der Waals surface area contributed by atoms with Gasteiger partial charge in [0.2, 0.25) is 11.8 Å². The molecule has 2 aliphatic heterocycles. The summed E-state index contributed by atoms with van der Waals surface area (Å²) in [5.74, 6) is -2.61. The van der Waals surface area contributed by atoms with Crippen LogP contribution >= 0.6 is 23.1 Å². The van der Waals surface area contributed by atoms with Gasteiger partial charge in [-0.2, -0.15) is 5.10 Å². The van der Waals surface area contributed by atoms with Gasteiger partial charge in [0.15, 0.2) is 0 Å². The van der Waals surface area contributed by atoms with Crippen molar-refractivity contribution < 1.29 is 29.0 Å². The first-order valence-electron chi connectivity index (χ1n) is 8.40. The van der Waals surface area contributed by atoms with Crippen LogP contribution in [0.25, 0.3) is 0 Å². The molecular formula is C17H18N4O6S2. The van der Waals surface area contributed by atoms with Crippen LogP contribution in [0, 0.1) is 0 Å². The Morgan fingerprint density at radius 3 is 2.83 bits per heavy atom. The third-order valence-electron chi connectivity index (χ3n) is 4.27. The zero-order chi connectivity index (χ0) is 21.2. The number of hydrazone groups is 1. The molecule has 0 aliphatic carbocycles. The lowest BCUT2D eigenvalue weighted by Crippen LogP contribution is -2.80. The number of thiophene rings is 1. The van der Waals surface area contributed by atoms with Gasteiger partial charge in [0, 0.05) is 30.2 Å². The Balaban J connectivity index is 1.82. The summed E-state index contributed by atoms with van der Waals surface area (Å²) in [5.41, 5.74) is 0.556. The minimum Gasteiger partial charge on any atom is -0.477 e. The fourth-order valence-electron chi connectivity index (χ4n) is 3.03. The van der Waals surface area contributed by atoms with Crippen molar-refractivity contribution in [2.24, 2.45) is 5.10 Å². The number of hydrogen-bond donors (Lipinski definition) is 3. The maximum absolute atomic E-state index is 12.9. The topological polar surface area (TPSA) is 137 Å². The highest BCUT2D eigenvalue weighted by atomic mass is 32.2. The van der Waals surface area contributed by atoms with Gasteiger partial charge < -0.3 is 15.2 Å². The van der Waals surface area contributed by atoms with E-state index in [-0.39, 0.29) is 23.4 Å². The van der Waals surface area contributed by atoms with Crippen molar-refractivity contribution in [3.63, 3.8) is 0 Å². The molecule has 0 spiro atoms. The number of nitrogens with zero attached hydrogens (tertiary/aromatic N) is 2. The largest absolute Gasteiger partial charge is 0.477 e. The lowest BCUT2D eigenvalue weighted by atomic mass is 9.98. The highest BCUT2D eigenvalue weighted by Gasteiger charge is 2.66. The fourth-order valence-corrected chi connectivity index (χ4v) is 5.12. The standard InChI is InChI=1S/C17H18N4O6S2/c1-9(22)20-18-7-10-8-29-16-17(27-2,15(26)21(16)13(10)14(24)25)19-12(23)6-11-4-3-5-28-11/h3-5,7,16H,6,8H2,1-2H3,(H,19,23)(H,20,22)(H,24,25)/b18-7+/t16-,17?/m1/s1. The van der Waals surface area contributed by atoms with Crippen LogP contribution in [-0.2, 0) is 30.3 Å². The molecule has 0 saturated carbocycles. The van der Waals surface area contributed by atoms with E-state index >= 15 is 0 Å². The third kappa shape index (κ3) is 3.91. The van der Waals surface area contributed by atoms with Crippen LogP contribution in [0.4, 0.5) is 0 Å². The number of aliphatic carboxylic acids is 1. The maximum Gasteiger partial charge on any atom is 0.353 e. The van der Waals surface area contributed by atoms with E-state index in [2.05, 4.69) is 15.8 Å². The first kappa shape index (κ1) is 21.0. The number of carbonyl (C=O) groups is 4. The number of amides is 3. The van der Waals surface area contributed by atoms with Gasteiger partial charge in [-0.15, -0.1) is 23.1 Å². The number of rotatable bonds is 7. The van der Waals surface area contributed by atoms with E-state index in [1.807, 2.05) is 11.4 Å². The summed E-state index contributed by atoms with van der Waals surface area (Å²) >= 11 is 2.65. The number of β-lactam (4-membered cyclic amide) rings is 1. The number of hydrogen-bond acceptors (Lipinski definition) is 8. The van der Waals surface area contributed by atoms with Crippen LogP contribution < -0.4 is 10.7 Å². The van der Waals surface area contributed by atoms with Crippen molar-refractivity contribution in [2.75, 3.05) is 12.9 Å². The van der Waals surface area contributed by atoms with Gasteiger partial charge in [-0.25, -0.2) is 10.2 Å². The van der Waals surface area contributed by atoms with Gasteiger partial charge in [-0.1, -0.05) is 6.07 Å². The SMILES string of the molecule is COC1(NC(=O)Cc2cccs2)C(=O)N2C(C(=O)O)=C(/C=N/NC(C)=O)CS[C@@H]21. The fraction of sp³-hybridized carbons (Fsp3) is 0.353. The van der Waals surface area contributed by atoms with Gasteiger partial charge in [-0.05, 0) is 11.4 Å². The molecule has 0 bridgehead atoms. The second-order valence-corrected chi connectivity index (χ2v) is 8.29. The van der Waals surface area contributed by atoms with Crippen LogP contribution in [0.5, 0.6) is 0 Å². The number of carbonyl (C=O) groups excluding carboxylic acids is 3. The first-order chi connectivity index (χ1) is 13.8. The average Bonchev–Trinajstić information content (AvgIpc) is 3.17. The molecule has 29 heavy (non-hydrogen) atoms. The van der Waals surface area contributed by atoms with E-state index in [9.17, 15) is 24.3 Å². The molecule has 3 amide bonds. The monoisotopic (exact) mass is 438 g/mol. The molecule has 1 unspecified atom stereocenters. The van der Waals surface area contributed by atoms with Crippen molar-refractivity contribution in [1.82, 2.24) is 15.6 Å². The summed E-state index contributed by atoms with van der Waals surface area (Å²) in [7, 11) is 1.29. The van der Waals surface area contributed by atoms with Crippen LogP contribution in [0.15, 0.2) is 33.9 Å². The van der Waals surface area contributed by atoms with E-state index in [4.69, 9.17) is 4.74 Å². The maximum atomic E-state index is 12.9. The highest BCUT2D eigenvalue weighted by molar-refractivity contribution is 8.00. The summed E-state index contributed by atoms with van der Waals surface area (Å²) in [6, 6.07) is 3.63. The summed E-state index contributed by atoms with van der Waals surface area (Å²) in [4.78, 5) is 50.0. The van der Waals surface area contributed by atoms with Crippen molar-refractivity contribution in [1.29, 1.82) is 0 Å². The molecule has 12 heteroatoms. The minimum atomic E-state index is -1.64. The zero-order valence-electron chi connectivity index (χ0n) is 15.5. The molecule has 0 aromatic carbocycles. The minimum absolute atomic E-state index is 0.0870. The van der Waals surface area contributed by atoms with Crippen LogP contribution in [0.2, 0.25) is 0 Å². The zero-order valence-corrected chi connectivity index (χ0v) is 17.1. The Labute approximate surface area is 174 Å². The quantitative estimate of drug-likeness (QED) is 0.238. The number of ether oxygens (including phenoxy) is 1. The summed E-state index contributed by atoms with van der Waals surface area (Å²) in [6.07, 6.45) is 1.28. The molecule has 3 rings (SSSR count). The Bertz CT molecular complexity index is 913. The van der Waals surface area contributed by atoms with Gasteiger partial charge in [0.25, 0.3) is 11.6 Å². The first-order valence-corrected chi connectivity index (χ1v) is 10.3. The molecule has 1 aromatic rings. The molecule has 1 fully saturated rings. The Kier molecular flexibility index (Phi) is 6.05. The molecule has 1 aromatic heterocycles. The second-order valence-electron chi connectivity index (χ2n) is 6.19. The van der Waals surface area contributed by atoms with Crippen LogP contribution in [0.1, 0.15) is 11.8 Å². The molecule has 10 nitrogen and oxygen atoms in total. The van der Waals surface area contributed by atoms with Crippen LogP contribution in [0.3, 0.4) is 0 Å². The number of methoxy groups -OCH3 is 1.